The van der Waals surface area contributed by atoms with Gasteiger partial charge in [-0.1, -0.05) is 19.3 Å². The Morgan fingerprint density at radius 2 is 2.14 bits per heavy atom. The number of hydrogen-bond acceptors (Lipinski definition) is 4. The molecule has 0 aliphatic heterocycles. The van der Waals surface area contributed by atoms with Gasteiger partial charge >= 0.3 is 0 Å². The molecule has 3 heterocycles. The van der Waals surface area contributed by atoms with Crippen molar-refractivity contribution >= 4 is 38.7 Å². The molecule has 4 rings (SSSR count). The van der Waals surface area contributed by atoms with Crippen LogP contribution < -0.4 is 5.32 Å². The smallest absolute Gasteiger partial charge is 0.157 e. The predicted molar refractivity (Wildman–Crippen MR) is 94.5 cm³/mol. The fourth-order valence-electron chi connectivity index (χ4n) is 3.09. The zero-order valence-electron chi connectivity index (χ0n) is 12.1. The van der Waals surface area contributed by atoms with Crippen LogP contribution in [0.3, 0.4) is 0 Å². The van der Waals surface area contributed by atoms with Crippen LogP contribution in [-0.4, -0.2) is 20.4 Å². The van der Waals surface area contributed by atoms with Crippen molar-refractivity contribution in [3.8, 4) is 10.6 Å². The first kappa shape index (κ1) is 14.2. The molecular weight excluding hydrogens is 360 g/mol. The Morgan fingerprint density at radius 1 is 1.27 bits per heavy atom. The van der Waals surface area contributed by atoms with E-state index in [0.29, 0.717) is 6.04 Å². The number of halogens is 1. The van der Waals surface area contributed by atoms with E-state index in [1.165, 1.54) is 37.0 Å². The standard InChI is InChI=1S/C16H17BrN4S/c17-11-8-13(22-10-11)15-16(19-12-4-2-1-3-5-12)21-7-6-18-9-14(21)20-15/h6-10,12,19H,1-5H2. The molecule has 0 saturated heterocycles. The van der Waals surface area contributed by atoms with E-state index in [1.54, 1.807) is 11.3 Å². The molecule has 4 nitrogen and oxygen atoms in total. The van der Waals surface area contributed by atoms with Crippen molar-refractivity contribution in [2.45, 2.75) is 38.1 Å². The molecule has 0 amide bonds. The summed E-state index contributed by atoms with van der Waals surface area (Å²) in [7, 11) is 0. The molecular formula is C16H17BrN4S. The zero-order valence-corrected chi connectivity index (χ0v) is 14.5. The average molecular weight is 377 g/mol. The lowest BCUT2D eigenvalue weighted by molar-refractivity contribution is 0.462. The number of fused-ring (bicyclic) bond motifs is 1. The molecule has 22 heavy (non-hydrogen) atoms. The summed E-state index contributed by atoms with van der Waals surface area (Å²) in [6.07, 6.45) is 12.1. The Morgan fingerprint density at radius 3 is 2.91 bits per heavy atom. The van der Waals surface area contributed by atoms with Crippen molar-refractivity contribution in [3.63, 3.8) is 0 Å². The number of thiophene rings is 1. The number of nitrogens with zero attached hydrogens (tertiary/aromatic N) is 3. The third-order valence-corrected chi connectivity index (χ3v) is 5.87. The molecule has 114 valence electrons. The van der Waals surface area contributed by atoms with Crippen LogP contribution in [0, 0.1) is 0 Å². The lowest BCUT2D eigenvalue weighted by Crippen LogP contribution is -2.23. The van der Waals surface area contributed by atoms with Crippen LogP contribution in [-0.2, 0) is 0 Å². The number of nitrogens with one attached hydrogen (secondary N) is 1. The Kier molecular flexibility index (Phi) is 3.88. The van der Waals surface area contributed by atoms with Crippen LogP contribution in [0.15, 0.2) is 34.5 Å². The SMILES string of the molecule is Brc1csc(-c2nc3cnccn3c2NC2CCCCC2)c1. The van der Waals surface area contributed by atoms with E-state index in [-0.39, 0.29) is 0 Å². The summed E-state index contributed by atoms with van der Waals surface area (Å²) in [4.78, 5) is 10.2. The molecule has 1 N–H and O–H groups in total. The van der Waals surface area contributed by atoms with Crippen molar-refractivity contribution in [3.05, 3.63) is 34.5 Å². The van der Waals surface area contributed by atoms with Gasteiger partial charge in [0.15, 0.2) is 5.65 Å². The van der Waals surface area contributed by atoms with E-state index < -0.39 is 0 Å². The quantitative estimate of drug-likeness (QED) is 0.701. The van der Waals surface area contributed by atoms with Crippen LogP contribution in [0.4, 0.5) is 5.82 Å². The Bertz CT molecular complexity index is 788. The fourth-order valence-corrected chi connectivity index (χ4v) is 4.51. The number of aromatic nitrogens is 3. The summed E-state index contributed by atoms with van der Waals surface area (Å²) in [6, 6.07) is 2.68. The van der Waals surface area contributed by atoms with Gasteiger partial charge in [-0.3, -0.25) is 9.38 Å². The van der Waals surface area contributed by atoms with Gasteiger partial charge in [-0.15, -0.1) is 11.3 Å². The molecule has 0 atom stereocenters. The second-order valence-electron chi connectivity index (χ2n) is 5.72. The summed E-state index contributed by atoms with van der Waals surface area (Å²) in [5.41, 5.74) is 1.91. The largest absolute Gasteiger partial charge is 0.367 e. The monoisotopic (exact) mass is 376 g/mol. The molecule has 0 spiro atoms. The molecule has 1 aliphatic carbocycles. The second kappa shape index (κ2) is 6.01. The van der Waals surface area contributed by atoms with Gasteiger partial charge in [-0.05, 0) is 34.8 Å². The highest BCUT2D eigenvalue weighted by molar-refractivity contribution is 9.10. The second-order valence-corrected chi connectivity index (χ2v) is 7.55. The minimum Gasteiger partial charge on any atom is -0.367 e. The summed E-state index contributed by atoms with van der Waals surface area (Å²) in [5.74, 6) is 1.10. The maximum Gasteiger partial charge on any atom is 0.157 e. The Labute approximate surface area is 141 Å². The third-order valence-electron chi connectivity index (χ3n) is 4.18. The highest BCUT2D eigenvalue weighted by atomic mass is 79.9. The molecule has 6 heteroatoms. The summed E-state index contributed by atoms with van der Waals surface area (Å²) < 4.78 is 3.22. The van der Waals surface area contributed by atoms with Gasteiger partial charge in [0.2, 0.25) is 0 Å². The van der Waals surface area contributed by atoms with Crippen molar-refractivity contribution in [1.82, 2.24) is 14.4 Å². The third kappa shape index (κ3) is 2.65. The lowest BCUT2D eigenvalue weighted by atomic mass is 9.95. The first-order chi connectivity index (χ1) is 10.8. The van der Waals surface area contributed by atoms with Gasteiger partial charge in [-0.25, -0.2) is 4.98 Å². The van der Waals surface area contributed by atoms with Crippen molar-refractivity contribution in [2.24, 2.45) is 0 Å². The van der Waals surface area contributed by atoms with E-state index >= 15 is 0 Å². The van der Waals surface area contributed by atoms with E-state index in [1.807, 2.05) is 18.6 Å². The summed E-state index contributed by atoms with van der Waals surface area (Å²) in [5, 5.41) is 5.84. The van der Waals surface area contributed by atoms with E-state index in [2.05, 4.69) is 42.1 Å². The normalized spacial score (nSPS) is 16.2. The Balaban J connectivity index is 1.79. The van der Waals surface area contributed by atoms with E-state index in [4.69, 9.17) is 4.98 Å². The molecule has 0 aromatic carbocycles. The molecule has 3 aromatic rings. The molecule has 3 aromatic heterocycles. The summed E-state index contributed by atoms with van der Waals surface area (Å²) >= 11 is 5.25. The van der Waals surface area contributed by atoms with Gasteiger partial charge < -0.3 is 5.32 Å². The van der Waals surface area contributed by atoms with Crippen molar-refractivity contribution in [2.75, 3.05) is 5.32 Å². The van der Waals surface area contributed by atoms with Crippen LogP contribution in [0.25, 0.3) is 16.2 Å². The molecule has 1 aliphatic rings. The minimum absolute atomic E-state index is 0.545. The number of rotatable bonds is 3. The maximum atomic E-state index is 4.79. The van der Waals surface area contributed by atoms with Gasteiger partial charge in [0, 0.05) is 28.3 Å². The van der Waals surface area contributed by atoms with Crippen LogP contribution in [0.1, 0.15) is 32.1 Å². The predicted octanol–water partition coefficient (Wildman–Crippen LogP) is 4.96. The molecule has 0 unspecified atom stereocenters. The summed E-state index contributed by atoms with van der Waals surface area (Å²) in [6.45, 7) is 0. The van der Waals surface area contributed by atoms with Crippen molar-refractivity contribution in [1.29, 1.82) is 0 Å². The first-order valence-electron chi connectivity index (χ1n) is 7.64. The van der Waals surface area contributed by atoms with Crippen LogP contribution >= 0.6 is 27.3 Å². The number of hydrogen-bond donors (Lipinski definition) is 1. The van der Waals surface area contributed by atoms with E-state index in [0.717, 1.165) is 21.6 Å². The van der Waals surface area contributed by atoms with Gasteiger partial charge in [0.05, 0.1) is 11.1 Å². The highest BCUT2D eigenvalue weighted by Gasteiger charge is 2.20. The average Bonchev–Trinajstić information content (AvgIpc) is 3.13. The van der Waals surface area contributed by atoms with Gasteiger partial charge in [0.25, 0.3) is 0 Å². The molecule has 1 saturated carbocycles. The highest BCUT2D eigenvalue weighted by Crippen LogP contribution is 2.36. The van der Waals surface area contributed by atoms with Crippen LogP contribution in [0.2, 0.25) is 0 Å². The van der Waals surface area contributed by atoms with E-state index in [9.17, 15) is 0 Å². The fraction of sp³-hybridized carbons (Fsp3) is 0.375. The Hall–Kier alpha value is -1.40. The number of anilines is 1. The van der Waals surface area contributed by atoms with Crippen molar-refractivity contribution < 1.29 is 0 Å². The first-order valence-corrected chi connectivity index (χ1v) is 9.31. The zero-order chi connectivity index (χ0) is 14.9. The molecule has 0 radical (unpaired) electrons. The number of imidazole rings is 1. The van der Waals surface area contributed by atoms with Crippen LogP contribution in [0.5, 0.6) is 0 Å². The molecule has 1 fully saturated rings. The molecule has 0 bridgehead atoms. The lowest BCUT2D eigenvalue weighted by Gasteiger charge is -2.24. The van der Waals surface area contributed by atoms with Gasteiger partial charge in [0.1, 0.15) is 11.5 Å². The topological polar surface area (TPSA) is 42.2 Å². The van der Waals surface area contributed by atoms with Gasteiger partial charge in [-0.2, -0.15) is 0 Å². The maximum absolute atomic E-state index is 4.79. The minimum atomic E-state index is 0.545.